The van der Waals surface area contributed by atoms with Gasteiger partial charge in [-0.3, -0.25) is 4.79 Å². The van der Waals surface area contributed by atoms with Crippen LogP contribution in [0.15, 0.2) is 60.7 Å². The van der Waals surface area contributed by atoms with Crippen LogP contribution in [-0.4, -0.2) is 19.9 Å². The molecule has 0 amide bonds. The molecule has 1 aliphatic rings. The molecular formula is C19H17NO. The van der Waals surface area contributed by atoms with Crippen LogP contribution in [-0.2, 0) is 0 Å². The third-order valence-electron chi connectivity index (χ3n) is 3.74. The van der Waals surface area contributed by atoms with Gasteiger partial charge in [0.15, 0.2) is 0 Å². The zero-order valence-corrected chi connectivity index (χ0v) is 12.0. The molecule has 21 heavy (non-hydrogen) atoms. The third-order valence-corrected chi connectivity index (χ3v) is 3.74. The summed E-state index contributed by atoms with van der Waals surface area (Å²) in [5.74, 6) is 0. The van der Waals surface area contributed by atoms with Crippen molar-refractivity contribution in [1.29, 1.82) is 0 Å². The van der Waals surface area contributed by atoms with E-state index in [-0.39, 0.29) is 0 Å². The normalized spacial score (nSPS) is 14.0. The van der Waals surface area contributed by atoms with Gasteiger partial charge in [-0.15, -0.1) is 0 Å². The van der Waals surface area contributed by atoms with Gasteiger partial charge < -0.3 is 4.90 Å². The Balaban J connectivity index is 1.87. The molecule has 0 saturated heterocycles. The number of hydrogen-bond donors (Lipinski definition) is 0. The number of benzene rings is 2. The Morgan fingerprint density at radius 3 is 2.43 bits per heavy atom. The van der Waals surface area contributed by atoms with E-state index in [0.29, 0.717) is 5.56 Å². The molecule has 0 aliphatic carbocycles. The average molecular weight is 275 g/mol. The number of carbonyl (C=O) groups is 1. The van der Waals surface area contributed by atoms with Crippen LogP contribution in [0, 0.1) is 0 Å². The molecule has 0 bridgehead atoms. The van der Waals surface area contributed by atoms with Crippen molar-refractivity contribution in [3.8, 4) is 0 Å². The number of aldehydes is 1. The topological polar surface area (TPSA) is 20.3 Å². The van der Waals surface area contributed by atoms with Gasteiger partial charge in [0, 0.05) is 30.4 Å². The molecule has 2 nitrogen and oxygen atoms in total. The Kier molecular flexibility index (Phi) is 3.69. The first-order valence-corrected chi connectivity index (χ1v) is 7.02. The summed E-state index contributed by atoms with van der Waals surface area (Å²) in [5, 5.41) is 0. The Hall–Kier alpha value is -2.61. The van der Waals surface area contributed by atoms with Crippen LogP contribution in [0.25, 0.3) is 11.6 Å². The number of allylic oxidation sites excluding steroid dienone is 2. The minimum absolute atomic E-state index is 0.705. The molecular weight excluding hydrogens is 258 g/mol. The van der Waals surface area contributed by atoms with Gasteiger partial charge in [0.05, 0.1) is 0 Å². The number of hydrogen-bond acceptors (Lipinski definition) is 2. The second-order valence-electron chi connectivity index (χ2n) is 5.17. The minimum atomic E-state index is 0.705. The number of para-hydroxylation sites is 1. The van der Waals surface area contributed by atoms with E-state index in [2.05, 4.69) is 54.4 Å². The van der Waals surface area contributed by atoms with Gasteiger partial charge in [-0.25, -0.2) is 0 Å². The van der Waals surface area contributed by atoms with Gasteiger partial charge in [-0.2, -0.15) is 0 Å². The molecule has 2 heteroatoms. The molecule has 0 unspecified atom stereocenters. The van der Waals surface area contributed by atoms with Gasteiger partial charge in [-0.1, -0.05) is 60.7 Å². The van der Waals surface area contributed by atoms with E-state index in [4.69, 9.17) is 0 Å². The summed E-state index contributed by atoms with van der Waals surface area (Å²) < 4.78 is 0. The van der Waals surface area contributed by atoms with E-state index in [1.165, 1.54) is 16.8 Å². The maximum Gasteiger partial charge on any atom is 0.150 e. The molecule has 0 atom stereocenters. The van der Waals surface area contributed by atoms with Crippen molar-refractivity contribution >= 4 is 23.6 Å². The lowest BCUT2D eigenvalue weighted by molar-refractivity contribution is 0.112. The monoisotopic (exact) mass is 275 g/mol. The van der Waals surface area contributed by atoms with Crippen molar-refractivity contribution in [1.82, 2.24) is 0 Å². The van der Waals surface area contributed by atoms with Gasteiger partial charge in [0.1, 0.15) is 6.29 Å². The first-order chi connectivity index (χ1) is 10.3. The Labute approximate surface area is 125 Å². The number of nitrogens with zero attached hydrogens (tertiary/aromatic N) is 1. The first-order valence-electron chi connectivity index (χ1n) is 7.02. The summed E-state index contributed by atoms with van der Waals surface area (Å²) >= 11 is 0. The number of fused-ring (bicyclic) bond motifs is 1. The lowest BCUT2D eigenvalue weighted by Crippen LogP contribution is -2.21. The van der Waals surface area contributed by atoms with Crippen molar-refractivity contribution in [2.45, 2.75) is 0 Å². The van der Waals surface area contributed by atoms with Crippen LogP contribution < -0.4 is 4.90 Å². The van der Waals surface area contributed by atoms with Crippen LogP contribution in [0.4, 0.5) is 5.69 Å². The lowest BCUT2D eigenvalue weighted by Gasteiger charge is -2.26. The zero-order valence-electron chi connectivity index (χ0n) is 12.0. The van der Waals surface area contributed by atoms with Crippen molar-refractivity contribution in [3.05, 3.63) is 77.4 Å². The summed E-state index contributed by atoms with van der Waals surface area (Å²) in [6.45, 7) is 0.917. The molecule has 1 aliphatic heterocycles. The molecule has 0 N–H and O–H groups in total. The average Bonchev–Trinajstić information content (AvgIpc) is 2.55. The summed E-state index contributed by atoms with van der Waals surface area (Å²) in [5.41, 5.74) is 5.56. The summed E-state index contributed by atoms with van der Waals surface area (Å²) in [6, 6.07) is 16.0. The third kappa shape index (κ3) is 2.79. The van der Waals surface area contributed by atoms with Crippen molar-refractivity contribution in [3.63, 3.8) is 0 Å². The minimum Gasteiger partial charge on any atom is -0.370 e. The van der Waals surface area contributed by atoms with E-state index < -0.39 is 0 Å². The van der Waals surface area contributed by atoms with Gasteiger partial charge >= 0.3 is 0 Å². The largest absolute Gasteiger partial charge is 0.370 e. The molecule has 0 fully saturated rings. The zero-order chi connectivity index (χ0) is 14.7. The van der Waals surface area contributed by atoms with Crippen LogP contribution in [0.1, 0.15) is 21.5 Å². The number of anilines is 1. The van der Waals surface area contributed by atoms with Crippen LogP contribution in [0.2, 0.25) is 0 Å². The molecule has 0 saturated carbocycles. The fourth-order valence-electron chi connectivity index (χ4n) is 2.52. The molecule has 2 aromatic carbocycles. The second-order valence-corrected chi connectivity index (χ2v) is 5.17. The molecule has 0 radical (unpaired) electrons. The van der Waals surface area contributed by atoms with Crippen LogP contribution >= 0.6 is 0 Å². The molecule has 0 spiro atoms. The van der Waals surface area contributed by atoms with Crippen LogP contribution in [0.3, 0.4) is 0 Å². The van der Waals surface area contributed by atoms with E-state index in [0.717, 1.165) is 18.4 Å². The highest BCUT2D eigenvalue weighted by Gasteiger charge is 2.13. The van der Waals surface area contributed by atoms with E-state index in [1.807, 2.05) is 24.3 Å². The Morgan fingerprint density at radius 2 is 1.67 bits per heavy atom. The molecule has 1 heterocycles. The van der Waals surface area contributed by atoms with Gasteiger partial charge in [0.2, 0.25) is 0 Å². The predicted octanol–water partition coefficient (Wildman–Crippen LogP) is 4.05. The summed E-state index contributed by atoms with van der Waals surface area (Å²) in [4.78, 5) is 12.9. The van der Waals surface area contributed by atoms with Gasteiger partial charge in [-0.05, 0) is 17.2 Å². The highest BCUT2D eigenvalue weighted by Crippen LogP contribution is 2.31. The molecule has 0 aromatic heterocycles. The second kappa shape index (κ2) is 5.80. The number of carbonyl (C=O) groups excluding carboxylic acids is 1. The maximum atomic E-state index is 10.7. The molecule has 3 rings (SSSR count). The Morgan fingerprint density at radius 1 is 0.952 bits per heavy atom. The van der Waals surface area contributed by atoms with Crippen LogP contribution in [0.5, 0.6) is 0 Å². The predicted molar refractivity (Wildman–Crippen MR) is 88.6 cm³/mol. The van der Waals surface area contributed by atoms with Crippen molar-refractivity contribution in [2.24, 2.45) is 0 Å². The maximum absolute atomic E-state index is 10.7. The van der Waals surface area contributed by atoms with E-state index >= 15 is 0 Å². The first kappa shape index (κ1) is 13.4. The van der Waals surface area contributed by atoms with E-state index in [9.17, 15) is 4.79 Å². The summed E-state index contributed by atoms with van der Waals surface area (Å²) in [7, 11) is 2.11. The standard InChI is InChI=1S/C19H17NO/c1-20-13-12-17(18-4-2-3-5-19(18)20)11-10-15-6-8-16(14-21)9-7-15/h2-12,14H,13H2,1H3. The highest BCUT2D eigenvalue weighted by atomic mass is 16.1. The Bertz CT molecular complexity index is 711. The molecule has 2 aromatic rings. The molecule has 104 valence electrons. The quantitative estimate of drug-likeness (QED) is 0.788. The lowest BCUT2D eigenvalue weighted by atomic mass is 9.98. The van der Waals surface area contributed by atoms with E-state index in [1.54, 1.807) is 0 Å². The number of likely N-dealkylation sites (N-methyl/N-ethyl adjacent to an activating group) is 1. The summed E-state index contributed by atoms with van der Waals surface area (Å²) in [6.07, 6.45) is 7.33. The SMILES string of the molecule is CN1CC=C(C=Cc2ccc(C=O)cc2)c2ccccc21. The fourth-order valence-corrected chi connectivity index (χ4v) is 2.52. The highest BCUT2D eigenvalue weighted by molar-refractivity contribution is 5.87. The van der Waals surface area contributed by atoms with Gasteiger partial charge in [0.25, 0.3) is 0 Å². The number of rotatable bonds is 3. The fraction of sp³-hybridized carbons (Fsp3) is 0.105. The smallest absolute Gasteiger partial charge is 0.150 e. The van der Waals surface area contributed by atoms with Crippen molar-refractivity contribution in [2.75, 3.05) is 18.5 Å². The van der Waals surface area contributed by atoms with Crippen molar-refractivity contribution < 1.29 is 4.79 Å².